The van der Waals surface area contributed by atoms with Gasteiger partial charge in [-0.25, -0.2) is 4.79 Å². The maximum atomic E-state index is 11.6. The monoisotopic (exact) mass is 236 g/mol. The molecule has 0 aromatic heterocycles. The van der Waals surface area contributed by atoms with Crippen molar-refractivity contribution in [3.05, 3.63) is 23.3 Å². The van der Waals surface area contributed by atoms with Gasteiger partial charge in [0, 0.05) is 12.0 Å². The summed E-state index contributed by atoms with van der Waals surface area (Å²) in [5.74, 6) is 1.22. The van der Waals surface area contributed by atoms with Crippen LogP contribution in [0.4, 0.5) is 0 Å². The van der Waals surface area contributed by atoms with E-state index in [0.717, 1.165) is 22.6 Å². The number of hydrogen-bond donors (Lipinski definition) is 0. The number of fused-ring (bicyclic) bond motifs is 1. The molecule has 0 radical (unpaired) electrons. The minimum Gasteiger partial charge on any atom is -0.496 e. The molecule has 17 heavy (non-hydrogen) atoms. The molecule has 1 aromatic carbocycles. The number of ether oxygens (including phenoxy) is 3. The summed E-state index contributed by atoms with van der Waals surface area (Å²) in [7, 11) is 1.62. The summed E-state index contributed by atoms with van der Waals surface area (Å²) < 4.78 is 15.8. The molecule has 0 amide bonds. The first-order valence-corrected chi connectivity index (χ1v) is 5.67. The van der Waals surface area contributed by atoms with Gasteiger partial charge in [0.1, 0.15) is 11.5 Å². The molecule has 1 atom stereocenters. The van der Waals surface area contributed by atoms with E-state index >= 15 is 0 Å². The van der Waals surface area contributed by atoms with Gasteiger partial charge in [0.15, 0.2) is 6.10 Å². The normalized spacial score (nSPS) is 17.2. The van der Waals surface area contributed by atoms with E-state index in [1.807, 2.05) is 19.1 Å². The van der Waals surface area contributed by atoms with Gasteiger partial charge in [-0.2, -0.15) is 0 Å². The maximum absolute atomic E-state index is 11.6. The van der Waals surface area contributed by atoms with Gasteiger partial charge in [-0.3, -0.25) is 0 Å². The average molecular weight is 236 g/mol. The van der Waals surface area contributed by atoms with E-state index in [4.69, 9.17) is 14.2 Å². The highest BCUT2D eigenvalue weighted by atomic mass is 16.6. The van der Waals surface area contributed by atoms with Gasteiger partial charge >= 0.3 is 5.97 Å². The molecule has 0 fully saturated rings. The summed E-state index contributed by atoms with van der Waals surface area (Å²) in [4.78, 5) is 11.6. The molecule has 4 heteroatoms. The van der Waals surface area contributed by atoms with E-state index in [1.54, 1.807) is 14.0 Å². The Hall–Kier alpha value is -1.71. The smallest absolute Gasteiger partial charge is 0.347 e. The van der Waals surface area contributed by atoms with Crippen molar-refractivity contribution in [3.63, 3.8) is 0 Å². The Labute approximate surface area is 100 Å². The fourth-order valence-electron chi connectivity index (χ4n) is 2.03. The first kappa shape index (κ1) is 11.8. The van der Waals surface area contributed by atoms with Crippen LogP contribution in [0.2, 0.25) is 0 Å². The zero-order valence-electron chi connectivity index (χ0n) is 10.3. The molecule has 1 unspecified atom stereocenters. The summed E-state index contributed by atoms with van der Waals surface area (Å²) in [6, 6.07) is 3.82. The predicted molar refractivity (Wildman–Crippen MR) is 62.5 cm³/mol. The fraction of sp³-hybridized carbons (Fsp3) is 0.462. The zero-order chi connectivity index (χ0) is 12.4. The Bertz CT molecular complexity index is 439. The quantitative estimate of drug-likeness (QED) is 0.751. The van der Waals surface area contributed by atoms with Crippen LogP contribution in [-0.4, -0.2) is 25.8 Å². The van der Waals surface area contributed by atoms with E-state index in [2.05, 4.69) is 0 Å². The van der Waals surface area contributed by atoms with Crippen LogP contribution in [0.5, 0.6) is 11.5 Å². The fourth-order valence-corrected chi connectivity index (χ4v) is 2.03. The summed E-state index contributed by atoms with van der Waals surface area (Å²) in [5.41, 5.74) is 1.96. The van der Waals surface area contributed by atoms with Crippen LogP contribution in [-0.2, 0) is 16.0 Å². The zero-order valence-corrected chi connectivity index (χ0v) is 10.3. The highest BCUT2D eigenvalue weighted by Gasteiger charge is 2.32. The lowest BCUT2D eigenvalue weighted by Gasteiger charge is -2.11. The number of esters is 1. The second-order valence-corrected chi connectivity index (χ2v) is 3.94. The molecule has 1 heterocycles. The van der Waals surface area contributed by atoms with Crippen LogP contribution in [0.25, 0.3) is 0 Å². The van der Waals surface area contributed by atoms with Gasteiger partial charge in [-0.1, -0.05) is 6.07 Å². The van der Waals surface area contributed by atoms with E-state index in [1.165, 1.54) is 0 Å². The van der Waals surface area contributed by atoms with Gasteiger partial charge < -0.3 is 14.2 Å². The Morgan fingerprint density at radius 2 is 2.29 bits per heavy atom. The largest absolute Gasteiger partial charge is 0.496 e. The molecule has 4 nitrogen and oxygen atoms in total. The average Bonchev–Trinajstić information content (AvgIpc) is 2.75. The predicted octanol–water partition coefficient (Wildman–Crippen LogP) is 1.87. The lowest BCUT2D eigenvalue weighted by Crippen LogP contribution is -2.27. The highest BCUT2D eigenvalue weighted by Crippen LogP contribution is 2.37. The van der Waals surface area contributed by atoms with Gasteiger partial charge in [0.05, 0.1) is 13.7 Å². The molecule has 2 rings (SSSR count). The molecule has 0 saturated heterocycles. The lowest BCUT2D eigenvalue weighted by atomic mass is 10.1. The van der Waals surface area contributed by atoms with E-state index in [-0.39, 0.29) is 5.97 Å². The molecule has 0 spiro atoms. The summed E-state index contributed by atoms with van der Waals surface area (Å²) in [6.07, 6.45) is 0.0506. The number of rotatable bonds is 3. The standard InChI is InChI=1S/C13H16O4/c1-4-16-13(14)11-7-9-5-6-10(15-3)8(2)12(9)17-11/h5-6,11H,4,7H2,1-3H3. The number of hydrogen-bond acceptors (Lipinski definition) is 4. The topological polar surface area (TPSA) is 44.8 Å². The van der Waals surface area contributed by atoms with Crippen LogP contribution in [0.15, 0.2) is 12.1 Å². The van der Waals surface area contributed by atoms with Crippen molar-refractivity contribution in [1.29, 1.82) is 0 Å². The third-order valence-electron chi connectivity index (χ3n) is 2.87. The van der Waals surface area contributed by atoms with Crippen LogP contribution >= 0.6 is 0 Å². The molecule has 1 aromatic rings. The number of carbonyl (C=O) groups is 1. The highest BCUT2D eigenvalue weighted by molar-refractivity contribution is 5.77. The Kier molecular flexibility index (Phi) is 3.22. The van der Waals surface area contributed by atoms with Crippen molar-refractivity contribution in [3.8, 4) is 11.5 Å². The van der Waals surface area contributed by atoms with Gasteiger partial charge in [-0.15, -0.1) is 0 Å². The lowest BCUT2D eigenvalue weighted by molar-refractivity contribution is -0.150. The molecular formula is C13H16O4. The molecule has 0 saturated carbocycles. The molecule has 1 aliphatic rings. The van der Waals surface area contributed by atoms with Crippen molar-refractivity contribution in [2.45, 2.75) is 26.4 Å². The third-order valence-corrected chi connectivity index (χ3v) is 2.87. The third kappa shape index (κ3) is 2.07. The SMILES string of the molecule is CCOC(=O)C1Cc2ccc(OC)c(C)c2O1. The Balaban J connectivity index is 2.22. The molecule has 0 N–H and O–H groups in total. The second-order valence-electron chi connectivity index (χ2n) is 3.94. The van der Waals surface area contributed by atoms with Crippen LogP contribution in [0, 0.1) is 6.92 Å². The maximum Gasteiger partial charge on any atom is 0.347 e. The first-order chi connectivity index (χ1) is 8.17. The van der Waals surface area contributed by atoms with Gasteiger partial charge in [0.25, 0.3) is 0 Å². The summed E-state index contributed by atoms with van der Waals surface area (Å²) in [5, 5.41) is 0. The van der Waals surface area contributed by atoms with E-state index < -0.39 is 6.10 Å². The van der Waals surface area contributed by atoms with Gasteiger partial charge in [0.2, 0.25) is 0 Å². The minimum atomic E-state index is -0.518. The van der Waals surface area contributed by atoms with Gasteiger partial charge in [-0.05, 0) is 25.5 Å². The van der Waals surface area contributed by atoms with E-state index in [9.17, 15) is 4.79 Å². The van der Waals surface area contributed by atoms with Crippen molar-refractivity contribution in [2.24, 2.45) is 0 Å². The molecule has 0 bridgehead atoms. The molecule has 92 valence electrons. The molecular weight excluding hydrogens is 220 g/mol. The Morgan fingerprint density at radius 3 is 2.94 bits per heavy atom. The van der Waals surface area contributed by atoms with Crippen LogP contribution < -0.4 is 9.47 Å². The summed E-state index contributed by atoms with van der Waals surface area (Å²) in [6.45, 7) is 4.08. The minimum absolute atomic E-state index is 0.304. The summed E-state index contributed by atoms with van der Waals surface area (Å²) >= 11 is 0. The van der Waals surface area contributed by atoms with E-state index in [0.29, 0.717) is 13.0 Å². The number of benzene rings is 1. The molecule has 0 aliphatic carbocycles. The molecule has 1 aliphatic heterocycles. The first-order valence-electron chi connectivity index (χ1n) is 5.67. The van der Waals surface area contributed by atoms with Crippen molar-refractivity contribution in [2.75, 3.05) is 13.7 Å². The van der Waals surface area contributed by atoms with Crippen molar-refractivity contribution in [1.82, 2.24) is 0 Å². The number of carbonyl (C=O) groups excluding carboxylic acids is 1. The van der Waals surface area contributed by atoms with Crippen LogP contribution in [0.3, 0.4) is 0 Å². The second kappa shape index (κ2) is 4.65. The Morgan fingerprint density at radius 1 is 1.53 bits per heavy atom. The van der Waals surface area contributed by atoms with Crippen LogP contribution in [0.1, 0.15) is 18.1 Å². The van der Waals surface area contributed by atoms with Crippen molar-refractivity contribution >= 4 is 5.97 Å². The van der Waals surface area contributed by atoms with Crippen molar-refractivity contribution < 1.29 is 19.0 Å². The number of methoxy groups -OCH3 is 1.